The summed E-state index contributed by atoms with van der Waals surface area (Å²) in [5.74, 6) is 0.496. The number of allylic oxidation sites excluding steroid dienone is 2. The molecule has 1 saturated heterocycles. The van der Waals surface area contributed by atoms with E-state index in [9.17, 15) is 0 Å². The molecule has 0 saturated carbocycles. The quantitative estimate of drug-likeness (QED) is 0.877. The Morgan fingerprint density at radius 3 is 2.81 bits per heavy atom. The van der Waals surface area contributed by atoms with Gasteiger partial charge >= 0.3 is 0 Å². The van der Waals surface area contributed by atoms with Crippen molar-refractivity contribution in [2.24, 2.45) is 5.92 Å². The lowest BCUT2D eigenvalue weighted by Crippen LogP contribution is -2.42. The van der Waals surface area contributed by atoms with Gasteiger partial charge in [0.05, 0.1) is 12.7 Å². The molecule has 3 nitrogen and oxygen atoms in total. The van der Waals surface area contributed by atoms with Crippen LogP contribution in [0, 0.1) is 5.92 Å². The molecule has 0 amide bonds. The standard InChI is InChI=1S/C17H21BrN2O/c18-15-5-1-13(2-6-15)11-20-16-7-3-14(4-8-16)17-12-19-9-10-21-17/h1-3,5-8,14,17,19-20H,4,9-12H2/t14?,17-/m1/s1. The number of halogens is 1. The molecule has 1 aromatic carbocycles. The maximum Gasteiger partial charge on any atom is 0.0765 e. The van der Waals surface area contributed by atoms with Crippen molar-refractivity contribution in [1.82, 2.24) is 10.6 Å². The maximum absolute atomic E-state index is 5.83. The summed E-state index contributed by atoms with van der Waals surface area (Å²) < 4.78 is 6.94. The third-order valence-electron chi connectivity index (χ3n) is 3.98. The monoisotopic (exact) mass is 348 g/mol. The molecular weight excluding hydrogens is 328 g/mol. The zero-order valence-corrected chi connectivity index (χ0v) is 13.6. The fourth-order valence-electron chi connectivity index (χ4n) is 2.71. The van der Waals surface area contributed by atoms with Crippen LogP contribution in [-0.2, 0) is 11.3 Å². The normalized spacial score (nSPS) is 25.5. The van der Waals surface area contributed by atoms with Crippen molar-refractivity contribution >= 4 is 15.9 Å². The molecule has 0 radical (unpaired) electrons. The van der Waals surface area contributed by atoms with Gasteiger partial charge < -0.3 is 15.4 Å². The molecule has 1 aromatic rings. The first kappa shape index (κ1) is 14.8. The van der Waals surface area contributed by atoms with Gasteiger partial charge in [-0.1, -0.05) is 40.2 Å². The van der Waals surface area contributed by atoms with E-state index < -0.39 is 0 Å². The zero-order chi connectivity index (χ0) is 14.5. The molecule has 1 aliphatic heterocycles. The van der Waals surface area contributed by atoms with Gasteiger partial charge in [0.1, 0.15) is 0 Å². The average Bonchev–Trinajstić information content (AvgIpc) is 2.56. The molecule has 0 aromatic heterocycles. The average molecular weight is 349 g/mol. The van der Waals surface area contributed by atoms with Crippen molar-refractivity contribution in [2.45, 2.75) is 19.1 Å². The molecule has 21 heavy (non-hydrogen) atoms. The van der Waals surface area contributed by atoms with E-state index in [0.29, 0.717) is 12.0 Å². The van der Waals surface area contributed by atoms with Crippen LogP contribution in [0.15, 0.2) is 52.7 Å². The Hall–Kier alpha value is -1.10. The molecule has 1 unspecified atom stereocenters. The van der Waals surface area contributed by atoms with E-state index in [2.05, 4.69) is 69.1 Å². The fourth-order valence-corrected chi connectivity index (χ4v) is 2.98. The minimum atomic E-state index is 0.319. The van der Waals surface area contributed by atoms with Crippen LogP contribution in [0.1, 0.15) is 12.0 Å². The van der Waals surface area contributed by atoms with E-state index in [0.717, 1.165) is 37.1 Å². The lowest BCUT2D eigenvalue weighted by atomic mass is 9.93. The van der Waals surface area contributed by atoms with Crippen LogP contribution in [0.5, 0.6) is 0 Å². The molecule has 2 N–H and O–H groups in total. The maximum atomic E-state index is 5.83. The van der Waals surface area contributed by atoms with Crippen LogP contribution in [-0.4, -0.2) is 25.8 Å². The van der Waals surface area contributed by atoms with Gasteiger partial charge in [0, 0.05) is 35.7 Å². The van der Waals surface area contributed by atoms with E-state index in [1.165, 1.54) is 11.3 Å². The Labute approximate surface area is 134 Å². The molecule has 4 heteroatoms. The summed E-state index contributed by atoms with van der Waals surface area (Å²) in [6.07, 6.45) is 8.11. The van der Waals surface area contributed by atoms with E-state index in [4.69, 9.17) is 4.74 Å². The van der Waals surface area contributed by atoms with Gasteiger partial charge in [-0.3, -0.25) is 0 Å². The topological polar surface area (TPSA) is 33.3 Å². The first-order valence-electron chi connectivity index (χ1n) is 7.50. The molecule has 1 fully saturated rings. The van der Waals surface area contributed by atoms with Gasteiger partial charge in [0.15, 0.2) is 0 Å². The lowest BCUT2D eigenvalue weighted by Gasteiger charge is -2.30. The second kappa shape index (κ2) is 7.25. The molecule has 2 aliphatic rings. The van der Waals surface area contributed by atoms with E-state index in [1.807, 2.05) is 0 Å². The highest BCUT2D eigenvalue weighted by Crippen LogP contribution is 2.22. The first-order chi connectivity index (χ1) is 10.3. The molecule has 0 bridgehead atoms. The second-order valence-corrected chi connectivity index (χ2v) is 6.43. The van der Waals surface area contributed by atoms with Crippen LogP contribution in [0.3, 0.4) is 0 Å². The van der Waals surface area contributed by atoms with Crippen molar-refractivity contribution in [1.29, 1.82) is 0 Å². The van der Waals surface area contributed by atoms with Crippen molar-refractivity contribution < 1.29 is 4.74 Å². The molecular formula is C17H21BrN2O. The van der Waals surface area contributed by atoms with Gasteiger partial charge in [-0.15, -0.1) is 0 Å². The highest BCUT2D eigenvalue weighted by Gasteiger charge is 2.23. The van der Waals surface area contributed by atoms with Crippen LogP contribution < -0.4 is 10.6 Å². The number of benzene rings is 1. The number of hydrogen-bond acceptors (Lipinski definition) is 3. The van der Waals surface area contributed by atoms with Crippen molar-refractivity contribution in [3.05, 3.63) is 58.2 Å². The van der Waals surface area contributed by atoms with Crippen LogP contribution >= 0.6 is 15.9 Å². The van der Waals surface area contributed by atoms with Crippen LogP contribution in [0.2, 0.25) is 0 Å². The minimum absolute atomic E-state index is 0.319. The molecule has 1 heterocycles. The molecule has 3 rings (SSSR count). The van der Waals surface area contributed by atoms with Crippen molar-refractivity contribution in [2.75, 3.05) is 19.7 Å². The van der Waals surface area contributed by atoms with Gasteiger partial charge in [-0.25, -0.2) is 0 Å². The largest absolute Gasteiger partial charge is 0.381 e. The highest BCUT2D eigenvalue weighted by atomic mass is 79.9. The van der Waals surface area contributed by atoms with Crippen LogP contribution in [0.25, 0.3) is 0 Å². The molecule has 0 spiro atoms. The predicted octanol–water partition coefficient (Wildman–Crippen LogP) is 2.99. The molecule has 1 aliphatic carbocycles. The number of hydrogen-bond donors (Lipinski definition) is 2. The summed E-state index contributed by atoms with van der Waals surface area (Å²) in [6.45, 7) is 3.62. The third-order valence-corrected chi connectivity index (χ3v) is 4.51. The Kier molecular flexibility index (Phi) is 5.12. The summed E-state index contributed by atoms with van der Waals surface area (Å²) in [5.41, 5.74) is 2.49. The third kappa shape index (κ3) is 4.19. The Bertz CT molecular complexity index is 518. The van der Waals surface area contributed by atoms with Crippen LogP contribution in [0.4, 0.5) is 0 Å². The SMILES string of the molecule is Brc1ccc(CNC2=CCC([C@H]3CNCCO3)C=C2)cc1. The summed E-state index contributed by atoms with van der Waals surface area (Å²) in [6, 6.07) is 8.42. The summed E-state index contributed by atoms with van der Waals surface area (Å²) in [4.78, 5) is 0. The Morgan fingerprint density at radius 2 is 2.14 bits per heavy atom. The van der Waals surface area contributed by atoms with Gasteiger partial charge in [-0.2, -0.15) is 0 Å². The van der Waals surface area contributed by atoms with Crippen molar-refractivity contribution in [3.63, 3.8) is 0 Å². The molecule has 112 valence electrons. The second-order valence-electron chi connectivity index (χ2n) is 5.51. The van der Waals surface area contributed by atoms with E-state index >= 15 is 0 Å². The Balaban J connectivity index is 1.48. The number of rotatable bonds is 4. The number of morpholine rings is 1. The molecule has 2 atom stereocenters. The van der Waals surface area contributed by atoms with Gasteiger partial charge in [-0.05, 0) is 30.2 Å². The van der Waals surface area contributed by atoms with Gasteiger partial charge in [0.2, 0.25) is 0 Å². The van der Waals surface area contributed by atoms with Crippen molar-refractivity contribution in [3.8, 4) is 0 Å². The van der Waals surface area contributed by atoms with Gasteiger partial charge in [0.25, 0.3) is 0 Å². The van der Waals surface area contributed by atoms with E-state index in [-0.39, 0.29) is 0 Å². The summed E-state index contributed by atoms with van der Waals surface area (Å²) >= 11 is 3.46. The highest BCUT2D eigenvalue weighted by molar-refractivity contribution is 9.10. The smallest absolute Gasteiger partial charge is 0.0765 e. The number of ether oxygens (including phenoxy) is 1. The lowest BCUT2D eigenvalue weighted by molar-refractivity contribution is 0.00350. The first-order valence-corrected chi connectivity index (χ1v) is 8.29. The summed E-state index contributed by atoms with van der Waals surface area (Å²) in [5, 5.41) is 6.88. The summed E-state index contributed by atoms with van der Waals surface area (Å²) in [7, 11) is 0. The fraction of sp³-hybridized carbons (Fsp3) is 0.412. The van der Waals surface area contributed by atoms with E-state index in [1.54, 1.807) is 0 Å². The Morgan fingerprint density at radius 1 is 1.29 bits per heavy atom. The minimum Gasteiger partial charge on any atom is -0.381 e. The number of nitrogens with one attached hydrogen (secondary N) is 2. The predicted molar refractivity (Wildman–Crippen MR) is 88.9 cm³/mol. The zero-order valence-electron chi connectivity index (χ0n) is 12.0.